The zero-order chi connectivity index (χ0) is 12.3. The van der Waals surface area contributed by atoms with Gasteiger partial charge in [0.05, 0.1) is 0 Å². The molecule has 0 aliphatic heterocycles. The molecule has 0 unspecified atom stereocenters. The van der Waals surface area contributed by atoms with Crippen molar-refractivity contribution in [2.24, 2.45) is 0 Å². The maximum absolute atomic E-state index is 3.89. The van der Waals surface area contributed by atoms with Crippen LogP contribution in [0.15, 0.2) is 49.0 Å². The van der Waals surface area contributed by atoms with Crippen molar-refractivity contribution in [1.82, 2.24) is 0 Å². The minimum absolute atomic E-state index is 0.974. The van der Waals surface area contributed by atoms with Gasteiger partial charge >= 0.3 is 0 Å². The Morgan fingerprint density at radius 2 is 1.59 bits per heavy atom. The highest BCUT2D eigenvalue weighted by Gasteiger charge is 2.01. The zero-order valence-electron chi connectivity index (χ0n) is 10.5. The van der Waals surface area contributed by atoms with Crippen molar-refractivity contribution in [3.05, 3.63) is 76.9 Å². The highest BCUT2D eigenvalue weighted by atomic mass is 14.1. The van der Waals surface area contributed by atoms with Crippen molar-refractivity contribution in [1.29, 1.82) is 0 Å². The molecule has 0 radical (unpaired) electrons. The smallest absolute Gasteiger partial charge is 0.00198 e. The van der Waals surface area contributed by atoms with Crippen molar-refractivity contribution in [3.8, 4) is 0 Å². The molecular weight excluding hydrogens is 204 g/mol. The molecule has 0 aliphatic rings. The molecule has 0 nitrogen and oxygen atoms in total. The Morgan fingerprint density at radius 3 is 2.24 bits per heavy atom. The first-order chi connectivity index (χ1) is 8.19. The van der Waals surface area contributed by atoms with Crippen LogP contribution in [0.25, 0.3) is 6.08 Å². The molecule has 0 saturated carbocycles. The minimum atomic E-state index is 0.974. The number of hydrogen-bond acceptors (Lipinski definition) is 0. The first-order valence-corrected chi connectivity index (χ1v) is 5.96. The average molecular weight is 222 g/mol. The molecule has 0 aromatic heterocycles. The molecule has 2 aromatic carbocycles. The molecule has 2 aromatic rings. The molecule has 0 bridgehead atoms. The van der Waals surface area contributed by atoms with Gasteiger partial charge in [0.2, 0.25) is 0 Å². The largest absolute Gasteiger partial charge is 0.0985 e. The zero-order valence-corrected chi connectivity index (χ0v) is 10.5. The van der Waals surface area contributed by atoms with E-state index < -0.39 is 0 Å². The van der Waals surface area contributed by atoms with Crippen LogP contribution in [-0.2, 0) is 6.42 Å². The van der Waals surface area contributed by atoms with Gasteiger partial charge in [0, 0.05) is 0 Å². The Labute approximate surface area is 104 Å². The molecule has 0 fully saturated rings. The molecule has 0 heterocycles. The summed E-state index contributed by atoms with van der Waals surface area (Å²) < 4.78 is 0. The number of benzene rings is 2. The third kappa shape index (κ3) is 2.85. The van der Waals surface area contributed by atoms with Crippen molar-refractivity contribution in [3.63, 3.8) is 0 Å². The third-order valence-corrected chi connectivity index (χ3v) is 3.04. The maximum atomic E-state index is 3.89. The lowest BCUT2D eigenvalue weighted by atomic mass is 9.97. The van der Waals surface area contributed by atoms with Gasteiger partial charge in [-0.15, -0.1) is 0 Å². The number of hydrogen-bond donors (Lipinski definition) is 0. The predicted molar refractivity (Wildman–Crippen MR) is 75.3 cm³/mol. The van der Waals surface area contributed by atoms with Crippen LogP contribution < -0.4 is 0 Å². The summed E-state index contributed by atoms with van der Waals surface area (Å²) in [6, 6.07) is 15.3. The summed E-state index contributed by atoms with van der Waals surface area (Å²) in [5, 5.41) is 0. The minimum Gasteiger partial charge on any atom is -0.0985 e. The number of aryl methyl sites for hydroxylation is 2. The van der Waals surface area contributed by atoms with Crippen LogP contribution in [-0.4, -0.2) is 0 Å². The van der Waals surface area contributed by atoms with Crippen LogP contribution in [0.4, 0.5) is 0 Å². The highest BCUT2D eigenvalue weighted by molar-refractivity contribution is 5.54. The van der Waals surface area contributed by atoms with Crippen LogP contribution in [0.2, 0.25) is 0 Å². The Balaban J connectivity index is 2.29. The van der Waals surface area contributed by atoms with E-state index in [1.54, 1.807) is 0 Å². The lowest BCUT2D eigenvalue weighted by Gasteiger charge is -2.08. The first kappa shape index (κ1) is 11.7. The van der Waals surface area contributed by atoms with Gasteiger partial charge in [-0.2, -0.15) is 0 Å². The molecule has 2 rings (SSSR count). The highest BCUT2D eigenvalue weighted by Crippen LogP contribution is 2.17. The molecule has 0 atom stereocenters. The predicted octanol–water partition coefficient (Wildman–Crippen LogP) is 4.54. The van der Waals surface area contributed by atoms with E-state index in [-0.39, 0.29) is 0 Å². The van der Waals surface area contributed by atoms with Gasteiger partial charge in [-0.25, -0.2) is 0 Å². The van der Waals surface area contributed by atoms with E-state index in [1.165, 1.54) is 27.8 Å². The third-order valence-electron chi connectivity index (χ3n) is 3.04. The fraction of sp³-hybridized carbons (Fsp3) is 0.176. The second-order valence-corrected chi connectivity index (χ2v) is 4.57. The van der Waals surface area contributed by atoms with Gasteiger partial charge in [0.1, 0.15) is 0 Å². The van der Waals surface area contributed by atoms with E-state index in [1.807, 2.05) is 6.08 Å². The fourth-order valence-electron chi connectivity index (χ4n) is 1.99. The average Bonchev–Trinajstić information content (AvgIpc) is 2.34. The molecule has 86 valence electrons. The lowest BCUT2D eigenvalue weighted by Crippen LogP contribution is -1.92. The molecule has 0 aliphatic carbocycles. The van der Waals surface area contributed by atoms with Crippen LogP contribution in [0.1, 0.15) is 27.8 Å². The van der Waals surface area contributed by atoms with Crippen LogP contribution >= 0.6 is 0 Å². The molecule has 0 heteroatoms. The van der Waals surface area contributed by atoms with Crippen molar-refractivity contribution < 1.29 is 0 Å². The molecular formula is C17H18. The van der Waals surface area contributed by atoms with Gasteiger partial charge in [0.15, 0.2) is 0 Å². The second kappa shape index (κ2) is 5.01. The summed E-state index contributed by atoms with van der Waals surface area (Å²) in [5.41, 5.74) is 6.52. The summed E-state index contributed by atoms with van der Waals surface area (Å²) in [5.74, 6) is 0. The molecule has 0 saturated heterocycles. The van der Waals surface area contributed by atoms with Gasteiger partial charge in [-0.05, 0) is 37.0 Å². The van der Waals surface area contributed by atoms with E-state index in [4.69, 9.17) is 0 Å². The van der Waals surface area contributed by atoms with Crippen molar-refractivity contribution in [2.75, 3.05) is 0 Å². The summed E-state index contributed by atoms with van der Waals surface area (Å²) in [7, 11) is 0. The molecule has 17 heavy (non-hydrogen) atoms. The van der Waals surface area contributed by atoms with E-state index in [0.29, 0.717) is 0 Å². The van der Waals surface area contributed by atoms with Gasteiger partial charge in [0.25, 0.3) is 0 Å². The normalized spacial score (nSPS) is 10.2. The van der Waals surface area contributed by atoms with E-state index in [2.05, 4.69) is 62.9 Å². The maximum Gasteiger partial charge on any atom is -0.00198 e. The lowest BCUT2D eigenvalue weighted by molar-refractivity contribution is 1.17. The Kier molecular flexibility index (Phi) is 3.43. The van der Waals surface area contributed by atoms with E-state index in [9.17, 15) is 0 Å². The molecule has 0 spiro atoms. The van der Waals surface area contributed by atoms with Gasteiger partial charge in [-0.3, -0.25) is 0 Å². The Bertz CT molecular complexity index is 518. The van der Waals surface area contributed by atoms with E-state index in [0.717, 1.165) is 6.42 Å². The summed E-state index contributed by atoms with van der Waals surface area (Å²) in [6.45, 7) is 8.12. The SMILES string of the molecule is C=Cc1cc(C)ccc1Cc1ccc(C)cc1. The van der Waals surface area contributed by atoms with Crippen molar-refractivity contribution in [2.45, 2.75) is 20.3 Å². The molecule has 0 N–H and O–H groups in total. The Hall–Kier alpha value is -1.82. The second-order valence-electron chi connectivity index (χ2n) is 4.57. The van der Waals surface area contributed by atoms with Gasteiger partial charge < -0.3 is 0 Å². The van der Waals surface area contributed by atoms with Crippen LogP contribution in [0.5, 0.6) is 0 Å². The van der Waals surface area contributed by atoms with Crippen molar-refractivity contribution >= 4 is 6.08 Å². The van der Waals surface area contributed by atoms with Crippen LogP contribution in [0.3, 0.4) is 0 Å². The summed E-state index contributed by atoms with van der Waals surface area (Å²) in [4.78, 5) is 0. The standard InChI is InChI=1S/C17H18/c1-4-16-11-14(3)7-10-17(16)12-15-8-5-13(2)6-9-15/h4-11H,1,12H2,2-3H3. The summed E-state index contributed by atoms with van der Waals surface area (Å²) >= 11 is 0. The monoisotopic (exact) mass is 222 g/mol. The van der Waals surface area contributed by atoms with E-state index >= 15 is 0 Å². The summed E-state index contributed by atoms with van der Waals surface area (Å²) in [6.07, 6.45) is 2.92. The number of rotatable bonds is 3. The Morgan fingerprint density at radius 1 is 0.941 bits per heavy atom. The molecule has 0 amide bonds. The van der Waals surface area contributed by atoms with Crippen LogP contribution in [0, 0.1) is 13.8 Å². The van der Waals surface area contributed by atoms with Gasteiger partial charge in [-0.1, -0.05) is 66.2 Å². The topological polar surface area (TPSA) is 0 Å². The quantitative estimate of drug-likeness (QED) is 0.715. The first-order valence-electron chi connectivity index (χ1n) is 5.96. The fourth-order valence-corrected chi connectivity index (χ4v) is 1.99.